The lowest BCUT2D eigenvalue weighted by atomic mass is 9.85. The molecule has 0 radical (unpaired) electrons. The molecular weight excluding hydrogens is 280 g/mol. The normalized spacial score (nSPS) is 21.7. The zero-order valence-corrected chi connectivity index (χ0v) is 13.1. The molecule has 0 N–H and O–H groups in total. The Morgan fingerprint density at radius 2 is 1.95 bits per heavy atom. The van der Waals surface area contributed by atoms with Crippen LogP contribution in [0.5, 0.6) is 0 Å². The molecule has 0 atom stereocenters. The average Bonchev–Trinajstić information content (AvgIpc) is 3.19. The molecule has 1 aliphatic rings. The second kappa shape index (κ2) is 6.29. The maximum atomic E-state index is 12.6. The lowest BCUT2D eigenvalue weighted by Gasteiger charge is -2.31. The van der Waals surface area contributed by atoms with Crippen LogP contribution in [0.1, 0.15) is 37.5 Å². The third-order valence-corrected chi connectivity index (χ3v) is 4.56. The van der Waals surface area contributed by atoms with Gasteiger partial charge in [-0.3, -0.25) is 4.79 Å². The summed E-state index contributed by atoms with van der Waals surface area (Å²) < 4.78 is 3.86. The summed E-state index contributed by atoms with van der Waals surface area (Å²) in [6, 6.07) is 4.65. The number of hydrogen-bond donors (Lipinski definition) is 0. The Kier molecular flexibility index (Phi) is 4.22. The van der Waals surface area contributed by atoms with Gasteiger partial charge in [-0.25, -0.2) is 4.68 Å². The largest absolute Gasteiger partial charge is 0.351 e. The molecule has 1 saturated carbocycles. The highest BCUT2D eigenvalue weighted by Crippen LogP contribution is 2.33. The van der Waals surface area contributed by atoms with Crippen LogP contribution in [0.25, 0.3) is 0 Å². The fourth-order valence-electron chi connectivity index (χ4n) is 3.20. The van der Waals surface area contributed by atoms with Crippen molar-refractivity contribution in [3.8, 4) is 0 Å². The molecule has 1 aliphatic carbocycles. The summed E-state index contributed by atoms with van der Waals surface area (Å²) in [6.45, 7) is 0.458. The van der Waals surface area contributed by atoms with E-state index in [1.54, 1.807) is 16.6 Å². The maximum absolute atomic E-state index is 12.6. The van der Waals surface area contributed by atoms with Crippen molar-refractivity contribution in [3.63, 3.8) is 0 Å². The molecule has 0 aliphatic heterocycles. The smallest absolute Gasteiger partial charge is 0.225 e. The number of aryl methyl sites for hydroxylation is 1. The van der Waals surface area contributed by atoms with Gasteiger partial charge >= 0.3 is 0 Å². The number of amides is 1. The summed E-state index contributed by atoms with van der Waals surface area (Å²) in [5.41, 5.74) is 0. The molecule has 3 rings (SSSR count). The van der Waals surface area contributed by atoms with Gasteiger partial charge in [0, 0.05) is 38.4 Å². The Labute approximate surface area is 129 Å². The van der Waals surface area contributed by atoms with Crippen molar-refractivity contribution in [2.24, 2.45) is 13.0 Å². The molecular formula is C15H22N6O. The van der Waals surface area contributed by atoms with Crippen molar-refractivity contribution in [3.05, 3.63) is 30.4 Å². The van der Waals surface area contributed by atoms with Crippen LogP contribution in [0.2, 0.25) is 0 Å². The van der Waals surface area contributed by atoms with Crippen molar-refractivity contribution in [1.82, 2.24) is 29.7 Å². The fourth-order valence-corrected chi connectivity index (χ4v) is 3.20. The summed E-state index contributed by atoms with van der Waals surface area (Å²) in [5.74, 6) is 1.03. The Hall–Kier alpha value is -2.18. The predicted octanol–water partition coefficient (Wildman–Crippen LogP) is 1.40. The van der Waals surface area contributed by atoms with Crippen LogP contribution in [0.15, 0.2) is 24.5 Å². The molecule has 7 nitrogen and oxygen atoms in total. The molecule has 118 valence electrons. The number of rotatable bonds is 4. The molecule has 1 amide bonds. The first-order chi connectivity index (χ1) is 10.6. The summed E-state index contributed by atoms with van der Waals surface area (Å²) in [4.78, 5) is 14.3. The zero-order chi connectivity index (χ0) is 15.5. The molecule has 1 fully saturated rings. The van der Waals surface area contributed by atoms with Crippen molar-refractivity contribution in [1.29, 1.82) is 0 Å². The highest BCUT2D eigenvalue weighted by Gasteiger charge is 2.29. The minimum Gasteiger partial charge on any atom is -0.351 e. The van der Waals surface area contributed by atoms with Crippen LogP contribution < -0.4 is 0 Å². The topological polar surface area (TPSA) is 68.8 Å². The number of hydrogen-bond acceptors (Lipinski definition) is 4. The second-order valence-corrected chi connectivity index (χ2v) is 6.05. The number of tetrazole rings is 1. The van der Waals surface area contributed by atoms with Crippen molar-refractivity contribution < 1.29 is 4.79 Å². The minimum atomic E-state index is 0.123. The Balaban J connectivity index is 1.54. The third kappa shape index (κ3) is 3.03. The molecule has 2 aromatic heterocycles. The minimum absolute atomic E-state index is 0.123. The second-order valence-electron chi connectivity index (χ2n) is 6.05. The van der Waals surface area contributed by atoms with Gasteiger partial charge in [-0.15, -0.1) is 5.10 Å². The van der Waals surface area contributed by atoms with Gasteiger partial charge in [0.15, 0.2) is 5.82 Å². The zero-order valence-electron chi connectivity index (χ0n) is 13.1. The lowest BCUT2D eigenvalue weighted by molar-refractivity contribution is -0.136. The van der Waals surface area contributed by atoms with Crippen LogP contribution in [-0.2, 0) is 18.4 Å². The molecule has 0 saturated heterocycles. The quantitative estimate of drug-likeness (QED) is 0.856. The van der Waals surface area contributed by atoms with Crippen LogP contribution >= 0.6 is 0 Å². The van der Waals surface area contributed by atoms with Gasteiger partial charge in [0.25, 0.3) is 0 Å². The van der Waals surface area contributed by atoms with Crippen molar-refractivity contribution in [2.45, 2.75) is 38.3 Å². The Morgan fingerprint density at radius 1 is 1.27 bits per heavy atom. The first-order valence-corrected chi connectivity index (χ1v) is 7.74. The number of carbonyl (C=O) groups excluding carboxylic acids is 1. The van der Waals surface area contributed by atoms with E-state index in [0.29, 0.717) is 18.4 Å². The van der Waals surface area contributed by atoms with E-state index in [2.05, 4.69) is 44.6 Å². The van der Waals surface area contributed by atoms with Crippen LogP contribution in [-0.4, -0.2) is 42.6 Å². The van der Waals surface area contributed by atoms with Gasteiger partial charge in [-0.1, -0.05) is 0 Å². The van der Waals surface area contributed by atoms with Gasteiger partial charge in [0.2, 0.25) is 5.91 Å². The number of aromatic nitrogens is 5. The monoisotopic (exact) mass is 302 g/mol. The maximum Gasteiger partial charge on any atom is 0.225 e. The first-order valence-electron chi connectivity index (χ1n) is 7.74. The van der Waals surface area contributed by atoms with Crippen LogP contribution in [0.3, 0.4) is 0 Å². The molecule has 0 aromatic carbocycles. The van der Waals surface area contributed by atoms with Crippen LogP contribution in [0.4, 0.5) is 0 Å². The average molecular weight is 302 g/mol. The van der Waals surface area contributed by atoms with E-state index in [-0.39, 0.29) is 11.8 Å². The van der Waals surface area contributed by atoms with E-state index in [1.165, 1.54) is 0 Å². The van der Waals surface area contributed by atoms with E-state index < -0.39 is 0 Å². The van der Waals surface area contributed by atoms with Crippen LogP contribution in [0, 0.1) is 5.92 Å². The number of nitrogens with zero attached hydrogens (tertiary/aromatic N) is 6. The Bertz CT molecular complexity index is 612. The van der Waals surface area contributed by atoms with Gasteiger partial charge in [0.1, 0.15) is 0 Å². The van der Waals surface area contributed by atoms with Gasteiger partial charge in [-0.2, -0.15) is 0 Å². The predicted molar refractivity (Wildman–Crippen MR) is 80.7 cm³/mol. The van der Waals surface area contributed by atoms with E-state index >= 15 is 0 Å². The van der Waals surface area contributed by atoms with Crippen molar-refractivity contribution >= 4 is 5.91 Å². The van der Waals surface area contributed by atoms with Gasteiger partial charge < -0.3 is 9.47 Å². The van der Waals surface area contributed by atoms with Crippen molar-refractivity contribution in [2.75, 3.05) is 7.05 Å². The molecule has 0 spiro atoms. The highest BCUT2D eigenvalue weighted by atomic mass is 16.2. The third-order valence-electron chi connectivity index (χ3n) is 4.56. The lowest BCUT2D eigenvalue weighted by Crippen LogP contribution is -2.35. The molecule has 7 heteroatoms. The molecule has 0 unspecified atom stereocenters. The summed E-state index contributed by atoms with van der Waals surface area (Å²) in [6.07, 6.45) is 8.24. The van der Waals surface area contributed by atoms with Gasteiger partial charge in [0.05, 0.1) is 6.54 Å². The van der Waals surface area contributed by atoms with E-state index in [0.717, 1.165) is 25.7 Å². The summed E-state index contributed by atoms with van der Waals surface area (Å²) >= 11 is 0. The summed E-state index contributed by atoms with van der Waals surface area (Å²) in [5, 5.41) is 11.3. The summed E-state index contributed by atoms with van der Waals surface area (Å²) in [7, 11) is 3.62. The molecule has 22 heavy (non-hydrogen) atoms. The molecule has 0 bridgehead atoms. The van der Waals surface area contributed by atoms with E-state index in [4.69, 9.17) is 0 Å². The van der Waals surface area contributed by atoms with E-state index in [9.17, 15) is 4.79 Å². The SMILES string of the molecule is CN(Cc1nnnn1C)C(=O)C1CCC(n2cccc2)CC1. The molecule has 2 heterocycles. The molecule has 2 aromatic rings. The highest BCUT2D eigenvalue weighted by molar-refractivity contribution is 5.78. The fraction of sp³-hybridized carbons (Fsp3) is 0.600. The number of carbonyl (C=O) groups is 1. The Morgan fingerprint density at radius 3 is 2.55 bits per heavy atom. The standard InChI is InChI=1S/C15H22N6O/c1-19(11-14-16-17-18-20(14)2)15(22)12-5-7-13(8-6-12)21-9-3-4-10-21/h3-4,9-10,12-13H,5-8,11H2,1-2H3. The van der Waals surface area contributed by atoms with E-state index in [1.807, 2.05) is 7.05 Å². The first kappa shape index (κ1) is 14.7. The van der Waals surface area contributed by atoms with Gasteiger partial charge in [-0.05, 0) is 48.2 Å².